The normalized spacial score (nSPS) is 19.0. The highest BCUT2D eigenvalue weighted by atomic mass is 16.5. The molecule has 0 bridgehead atoms. The molecular formula is C13H16N4O2. The number of rotatable bonds is 3. The lowest BCUT2D eigenvalue weighted by atomic mass is 10.1. The zero-order valence-electron chi connectivity index (χ0n) is 10.8. The highest BCUT2D eigenvalue weighted by Gasteiger charge is 2.31. The van der Waals surface area contributed by atoms with Crippen LogP contribution in [-0.4, -0.2) is 40.3 Å². The van der Waals surface area contributed by atoms with Crippen molar-refractivity contribution in [3.8, 4) is 0 Å². The lowest BCUT2D eigenvalue weighted by Gasteiger charge is -2.15. The second-order valence-corrected chi connectivity index (χ2v) is 4.61. The van der Waals surface area contributed by atoms with E-state index in [0.29, 0.717) is 13.2 Å². The van der Waals surface area contributed by atoms with Gasteiger partial charge in [-0.05, 0) is 25.5 Å². The molecular weight excluding hydrogens is 244 g/mol. The van der Waals surface area contributed by atoms with Crippen LogP contribution in [0.25, 0.3) is 5.65 Å². The predicted molar refractivity (Wildman–Crippen MR) is 69.9 cm³/mol. The van der Waals surface area contributed by atoms with Crippen molar-refractivity contribution in [3.63, 3.8) is 0 Å². The van der Waals surface area contributed by atoms with Gasteiger partial charge < -0.3 is 9.64 Å². The maximum atomic E-state index is 11.7. The van der Waals surface area contributed by atoms with Gasteiger partial charge in [-0.25, -0.2) is 0 Å². The molecule has 6 heteroatoms. The average molecular weight is 260 g/mol. The summed E-state index contributed by atoms with van der Waals surface area (Å²) in [5.74, 6) is 0.622. The van der Waals surface area contributed by atoms with Gasteiger partial charge in [0.1, 0.15) is 0 Å². The van der Waals surface area contributed by atoms with E-state index in [4.69, 9.17) is 4.74 Å². The first-order valence-corrected chi connectivity index (χ1v) is 6.51. The summed E-state index contributed by atoms with van der Waals surface area (Å²) >= 11 is 0. The van der Waals surface area contributed by atoms with E-state index in [1.54, 1.807) is 0 Å². The van der Waals surface area contributed by atoms with E-state index in [-0.39, 0.29) is 11.9 Å². The number of aromatic nitrogens is 3. The molecule has 100 valence electrons. The fourth-order valence-electron chi connectivity index (χ4n) is 2.44. The fourth-order valence-corrected chi connectivity index (χ4v) is 2.44. The fraction of sp³-hybridized carbons (Fsp3) is 0.462. The molecule has 3 heterocycles. The number of ether oxygens (including phenoxy) is 1. The van der Waals surface area contributed by atoms with Crippen LogP contribution in [0, 0.1) is 5.92 Å². The van der Waals surface area contributed by atoms with E-state index in [1.807, 2.05) is 35.7 Å². The molecule has 1 saturated heterocycles. The van der Waals surface area contributed by atoms with E-state index in [1.165, 1.54) is 0 Å². The zero-order valence-corrected chi connectivity index (χ0v) is 10.8. The largest absolute Gasteiger partial charge is 0.466 e. The first-order valence-electron chi connectivity index (χ1n) is 6.51. The van der Waals surface area contributed by atoms with Crippen LogP contribution in [0.5, 0.6) is 0 Å². The van der Waals surface area contributed by atoms with Gasteiger partial charge in [0.2, 0.25) is 5.95 Å². The van der Waals surface area contributed by atoms with Crippen LogP contribution in [0.4, 0.5) is 5.95 Å². The maximum absolute atomic E-state index is 11.7. The second-order valence-electron chi connectivity index (χ2n) is 4.61. The van der Waals surface area contributed by atoms with Gasteiger partial charge in [-0.3, -0.25) is 9.20 Å². The minimum Gasteiger partial charge on any atom is -0.466 e. The Bertz CT molecular complexity index is 595. The number of fused-ring (bicyclic) bond motifs is 1. The molecule has 0 aromatic carbocycles. The third-order valence-corrected chi connectivity index (χ3v) is 3.39. The molecule has 0 amide bonds. The average Bonchev–Trinajstić information content (AvgIpc) is 3.05. The summed E-state index contributed by atoms with van der Waals surface area (Å²) in [6, 6.07) is 5.79. The highest BCUT2D eigenvalue weighted by Crippen LogP contribution is 2.23. The number of hydrogen-bond donors (Lipinski definition) is 0. The Morgan fingerprint density at radius 2 is 2.37 bits per heavy atom. The number of carbonyl (C=O) groups is 1. The minimum absolute atomic E-state index is 0.0592. The zero-order chi connectivity index (χ0) is 13.2. The molecule has 1 fully saturated rings. The molecule has 0 aliphatic carbocycles. The summed E-state index contributed by atoms with van der Waals surface area (Å²) in [5.41, 5.74) is 0.817. The number of hydrogen-bond acceptors (Lipinski definition) is 5. The number of esters is 1. The molecule has 0 saturated carbocycles. The number of carbonyl (C=O) groups excluding carboxylic acids is 1. The molecule has 3 rings (SSSR count). The van der Waals surface area contributed by atoms with Gasteiger partial charge in [0.05, 0.1) is 12.5 Å². The Morgan fingerprint density at radius 1 is 1.47 bits per heavy atom. The Morgan fingerprint density at radius 3 is 3.21 bits per heavy atom. The third kappa shape index (κ3) is 2.14. The summed E-state index contributed by atoms with van der Waals surface area (Å²) in [4.78, 5) is 13.8. The van der Waals surface area contributed by atoms with Gasteiger partial charge in [-0.1, -0.05) is 6.07 Å². The van der Waals surface area contributed by atoms with Crippen LogP contribution < -0.4 is 4.90 Å². The lowest BCUT2D eigenvalue weighted by molar-refractivity contribution is -0.147. The monoisotopic (exact) mass is 260 g/mol. The van der Waals surface area contributed by atoms with Crippen molar-refractivity contribution in [2.45, 2.75) is 13.3 Å². The van der Waals surface area contributed by atoms with E-state index in [9.17, 15) is 4.79 Å². The standard InChI is InChI=1S/C13H16N4O2/c1-2-19-12(18)10-6-8-16(9-10)13-15-14-11-5-3-4-7-17(11)13/h3-5,7,10H,2,6,8-9H2,1H3. The predicted octanol–water partition coefficient (Wildman–Crippen LogP) is 1.12. The minimum atomic E-state index is -0.112. The van der Waals surface area contributed by atoms with Crippen molar-refractivity contribution in [1.82, 2.24) is 14.6 Å². The van der Waals surface area contributed by atoms with Crippen molar-refractivity contribution in [2.75, 3.05) is 24.6 Å². The second kappa shape index (κ2) is 4.87. The van der Waals surface area contributed by atoms with Crippen molar-refractivity contribution in [3.05, 3.63) is 24.4 Å². The first-order chi connectivity index (χ1) is 9.29. The molecule has 1 unspecified atom stereocenters. The Kier molecular flexibility index (Phi) is 3.06. The summed E-state index contributed by atoms with van der Waals surface area (Å²) < 4.78 is 7.01. The molecule has 2 aromatic rings. The van der Waals surface area contributed by atoms with E-state index >= 15 is 0 Å². The van der Waals surface area contributed by atoms with Gasteiger partial charge in [0, 0.05) is 19.3 Å². The Labute approximate surface area is 111 Å². The number of pyridine rings is 1. The third-order valence-electron chi connectivity index (χ3n) is 3.39. The van der Waals surface area contributed by atoms with Crippen molar-refractivity contribution >= 4 is 17.6 Å². The molecule has 0 N–H and O–H groups in total. The molecule has 2 aromatic heterocycles. The summed E-state index contributed by atoms with van der Waals surface area (Å²) in [5, 5.41) is 8.33. The SMILES string of the molecule is CCOC(=O)C1CCN(c2nnc3ccccn23)C1. The van der Waals surface area contributed by atoms with Gasteiger partial charge >= 0.3 is 5.97 Å². The maximum Gasteiger partial charge on any atom is 0.310 e. The Hall–Kier alpha value is -2.11. The van der Waals surface area contributed by atoms with Crippen molar-refractivity contribution < 1.29 is 9.53 Å². The van der Waals surface area contributed by atoms with Crippen molar-refractivity contribution in [1.29, 1.82) is 0 Å². The van der Waals surface area contributed by atoms with Gasteiger partial charge in [-0.2, -0.15) is 0 Å². The van der Waals surface area contributed by atoms with Crippen LogP contribution in [0.2, 0.25) is 0 Å². The molecule has 1 aliphatic rings. The molecule has 0 spiro atoms. The molecule has 6 nitrogen and oxygen atoms in total. The number of anilines is 1. The topological polar surface area (TPSA) is 59.7 Å². The van der Waals surface area contributed by atoms with Crippen LogP contribution in [0.15, 0.2) is 24.4 Å². The lowest BCUT2D eigenvalue weighted by Crippen LogP contribution is -2.25. The number of nitrogens with zero attached hydrogens (tertiary/aromatic N) is 4. The quantitative estimate of drug-likeness (QED) is 0.774. The first kappa shape index (κ1) is 12.0. The van der Waals surface area contributed by atoms with E-state index < -0.39 is 0 Å². The van der Waals surface area contributed by atoms with E-state index in [2.05, 4.69) is 15.1 Å². The molecule has 1 atom stereocenters. The van der Waals surface area contributed by atoms with Crippen LogP contribution in [0.1, 0.15) is 13.3 Å². The smallest absolute Gasteiger partial charge is 0.310 e. The van der Waals surface area contributed by atoms with Crippen molar-refractivity contribution in [2.24, 2.45) is 5.92 Å². The van der Waals surface area contributed by atoms with Crippen LogP contribution in [-0.2, 0) is 9.53 Å². The van der Waals surface area contributed by atoms with E-state index in [0.717, 1.165) is 24.6 Å². The van der Waals surface area contributed by atoms with Gasteiger partial charge in [0.15, 0.2) is 5.65 Å². The van der Waals surface area contributed by atoms with Gasteiger partial charge in [0.25, 0.3) is 0 Å². The molecule has 1 aliphatic heterocycles. The molecule has 0 radical (unpaired) electrons. The highest BCUT2D eigenvalue weighted by molar-refractivity contribution is 5.74. The molecule has 19 heavy (non-hydrogen) atoms. The van der Waals surface area contributed by atoms with Gasteiger partial charge in [-0.15, -0.1) is 10.2 Å². The van der Waals surface area contributed by atoms with Crippen LogP contribution >= 0.6 is 0 Å². The summed E-state index contributed by atoms with van der Waals surface area (Å²) in [6.45, 7) is 3.72. The summed E-state index contributed by atoms with van der Waals surface area (Å²) in [6.07, 6.45) is 2.74. The summed E-state index contributed by atoms with van der Waals surface area (Å²) in [7, 11) is 0. The Balaban J connectivity index is 1.79. The van der Waals surface area contributed by atoms with Crippen LogP contribution in [0.3, 0.4) is 0 Å².